The van der Waals surface area contributed by atoms with Crippen molar-refractivity contribution in [1.82, 2.24) is 5.32 Å². The molecule has 5 nitrogen and oxygen atoms in total. The number of carbonyl (C=O) groups excluding carboxylic acids is 1. The fraction of sp³-hybridized carbons (Fsp3) is 0.857. The van der Waals surface area contributed by atoms with E-state index in [-0.39, 0.29) is 18.6 Å². The van der Waals surface area contributed by atoms with Gasteiger partial charge in [0, 0.05) is 18.6 Å². The van der Waals surface area contributed by atoms with Gasteiger partial charge in [0.2, 0.25) is 0 Å². The molecule has 1 amide bonds. The highest BCUT2D eigenvalue weighted by Crippen LogP contribution is 2.13. The summed E-state index contributed by atoms with van der Waals surface area (Å²) in [5, 5.41) is 21.3. The maximum absolute atomic E-state index is 10.2. The highest BCUT2D eigenvalue weighted by atomic mass is 16.5. The Labute approximate surface area is 70.3 Å². The lowest BCUT2D eigenvalue weighted by Crippen LogP contribution is -2.51. The van der Waals surface area contributed by atoms with Crippen molar-refractivity contribution in [3.8, 4) is 0 Å². The molecule has 0 radical (unpaired) electrons. The normalized spacial score (nSPS) is 29.8. The van der Waals surface area contributed by atoms with Crippen LogP contribution in [0.25, 0.3) is 0 Å². The largest absolute Gasteiger partial charge is 0.530 e. The van der Waals surface area contributed by atoms with Crippen LogP contribution in [0.4, 0.5) is 4.79 Å². The zero-order chi connectivity index (χ0) is 8.97. The highest BCUT2D eigenvalue weighted by Gasteiger charge is 2.24. The monoisotopic (exact) mass is 174 g/mol. The van der Waals surface area contributed by atoms with Crippen molar-refractivity contribution in [3.05, 3.63) is 0 Å². The molecule has 2 N–H and O–H groups in total. The molecule has 0 saturated carbocycles. The number of amides is 1. The number of nitrogens with one attached hydrogen (secondary N) is 1. The van der Waals surface area contributed by atoms with Gasteiger partial charge in [0.15, 0.2) is 0 Å². The van der Waals surface area contributed by atoms with Crippen molar-refractivity contribution in [2.75, 3.05) is 19.8 Å². The second-order valence-corrected chi connectivity index (χ2v) is 2.84. The Morgan fingerprint density at radius 3 is 3.08 bits per heavy atom. The third-order valence-corrected chi connectivity index (χ3v) is 2.01. The molecule has 2 unspecified atom stereocenters. The van der Waals surface area contributed by atoms with Crippen LogP contribution >= 0.6 is 0 Å². The summed E-state index contributed by atoms with van der Waals surface area (Å²) in [7, 11) is 0. The minimum absolute atomic E-state index is 0.0645. The van der Waals surface area contributed by atoms with Crippen LogP contribution in [-0.4, -0.2) is 37.1 Å². The predicted octanol–water partition coefficient (Wildman–Crippen LogP) is -1.68. The molecule has 1 aliphatic heterocycles. The average molecular weight is 174 g/mol. The van der Waals surface area contributed by atoms with E-state index in [1.165, 1.54) is 0 Å². The molecule has 1 fully saturated rings. The fourth-order valence-electron chi connectivity index (χ4n) is 1.32. The third kappa shape index (κ3) is 2.35. The molecule has 12 heavy (non-hydrogen) atoms. The van der Waals surface area contributed by atoms with Crippen molar-refractivity contribution in [2.45, 2.75) is 12.5 Å². The Hall–Kier alpha value is -0.810. The SMILES string of the molecule is O=C([O-])NC1CCOCC1CO. The molecule has 70 valence electrons. The van der Waals surface area contributed by atoms with Crippen LogP contribution in [0.15, 0.2) is 0 Å². The van der Waals surface area contributed by atoms with Gasteiger partial charge in [-0.1, -0.05) is 0 Å². The zero-order valence-electron chi connectivity index (χ0n) is 6.66. The number of hydrogen-bond donors (Lipinski definition) is 2. The maximum Gasteiger partial charge on any atom is 0.134 e. The quantitative estimate of drug-likeness (QED) is 0.523. The number of aliphatic hydroxyl groups is 1. The Kier molecular flexibility index (Phi) is 3.31. The lowest BCUT2D eigenvalue weighted by Gasteiger charge is -2.31. The van der Waals surface area contributed by atoms with Gasteiger partial charge in [0.05, 0.1) is 13.2 Å². The minimum Gasteiger partial charge on any atom is -0.530 e. The van der Waals surface area contributed by atoms with Gasteiger partial charge >= 0.3 is 0 Å². The molecule has 0 aromatic carbocycles. The van der Waals surface area contributed by atoms with Crippen molar-refractivity contribution in [3.63, 3.8) is 0 Å². The molecule has 5 heteroatoms. The molecule has 0 aromatic rings. The van der Waals surface area contributed by atoms with E-state index in [2.05, 4.69) is 5.32 Å². The zero-order valence-corrected chi connectivity index (χ0v) is 6.66. The molecular formula is C7H12NO4-. The number of rotatable bonds is 2. The van der Waals surface area contributed by atoms with Crippen LogP contribution in [0.5, 0.6) is 0 Å². The average Bonchev–Trinajstić information content (AvgIpc) is 2.04. The molecule has 1 saturated heterocycles. The van der Waals surface area contributed by atoms with E-state index in [9.17, 15) is 9.90 Å². The highest BCUT2D eigenvalue weighted by molar-refractivity contribution is 5.62. The second-order valence-electron chi connectivity index (χ2n) is 2.84. The van der Waals surface area contributed by atoms with Gasteiger partial charge < -0.3 is 25.1 Å². The van der Waals surface area contributed by atoms with Gasteiger partial charge in [-0.3, -0.25) is 0 Å². The van der Waals surface area contributed by atoms with Crippen LogP contribution in [0.1, 0.15) is 6.42 Å². The summed E-state index contributed by atoms with van der Waals surface area (Å²) in [6, 6.07) is -0.228. The molecular weight excluding hydrogens is 162 g/mol. The van der Waals surface area contributed by atoms with Crippen molar-refractivity contribution in [1.29, 1.82) is 0 Å². The van der Waals surface area contributed by atoms with E-state index < -0.39 is 6.09 Å². The fourth-order valence-corrected chi connectivity index (χ4v) is 1.32. The molecule has 1 aliphatic rings. The first kappa shape index (κ1) is 9.28. The van der Waals surface area contributed by atoms with Gasteiger partial charge in [-0.05, 0) is 6.42 Å². The molecule has 0 aromatic heterocycles. The Bertz CT molecular complexity index is 161. The Morgan fingerprint density at radius 1 is 1.75 bits per heavy atom. The standard InChI is InChI=1S/C7H13NO4/c9-3-5-4-12-2-1-6(5)8-7(10)11/h5-6,8-9H,1-4H2,(H,10,11)/p-1. The predicted molar refractivity (Wildman–Crippen MR) is 38.3 cm³/mol. The van der Waals surface area contributed by atoms with Crippen molar-refractivity contribution < 1.29 is 19.7 Å². The topological polar surface area (TPSA) is 81.6 Å². The summed E-state index contributed by atoms with van der Waals surface area (Å²) >= 11 is 0. The number of aliphatic hydroxyl groups excluding tert-OH is 1. The summed E-state index contributed by atoms with van der Waals surface area (Å²) < 4.78 is 5.07. The lowest BCUT2D eigenvalue weighted by molar-refractivity contribution is -0.252. The van der Waals surface area contributed by atoms with Gasteiger partial charge in [-0.25, -0.2) is 0 Å². The smallest absolute Gasteiger partial charge is 0.134 e. The Balaban J connectivity index is 2.41. The van der Waals surface area contributed by atoms with E-state index in [4.69, 9.17) is 9.84 Å². The summed E-state index contributed by atoms with van der Waals surface area (Å²) in [4.78, 5) is 10.2. The number of carboxylic acid groups (broad SMARTS) is 1. The van der Waals surface area contributed by atoms with E-state index in [0.717, 1.165) is 0 Å². The first-order chi connectivity index (χ1) is 5.74. The second kappa shape index (κ2) is 4.27. The summed E-state index contributed by atoms with van der Waals surface area (Å²) in [5.74, 6) is -0.142. The van der Waals surface area contributed by atoms with Crippen molar-refractivity contribution in [2.24, 2.45) is 5.92 Å². The molecule has 1 rings (SSSR count). The first-order valence-corrected chi connectivity index (χ1v) is 3.90. The molecule has 2 atom stereocenters. The number of carbonyl (C=O) groups is 1. The van der Waals surface area contributed by atoms with E-state index in [0.29, 0.717) is 19.6 Å². The molecule has 1 heterocycles. The minimum atomic E-state index is -1.29. The summed E-state index contributed by atoms with van der Waals surface area (Å²) in [5.41, 5.74) is 0. The van der Waals surface area contributed by atoms with Crippen LogP contribution < -0.4 is 10.4 Å². The van der Waals surface area contributed by atoms with Gasteiger partial charge in [0.25, 0.3) is 0 Å². The first-order valence-electron chi connectivity index (χ1n) is 3.90. The van der Waals surface area contributed by atoms with Gasteiger partial charge in [-0.2, -0.15) is 0 Å². The molecule has 0 aliphatic carbocycles. The molecule has 0 bridgehead atoms. The number of hydrogen-bond acceptors (Lipinski definition) is 4. The molecule has 0 spiro atoms. The maximum atomic E-state index is 10.2. The lowest BCUT2D eigenvalue weighted by atomic mass is 9.97. The van der Waals surface area contributed by atoms with Gasteiger partial charge in [0.1, 0.15) is 6.09 Å². The van der Waals surface area contributed by atoms with E-state index >= 15 is 0 Å². The van der Waals surface area contributed by atoms with Crippen LogP contribution in [0.3, 0.4) is 0 Å². The van der Waals surface area contributed by atoms with E-state index in [1.54, 1.807) is 0 Å². The van der Waals surface area contributed by atoms with Crippen LogP contribution in [0.2, 0.25) is 0 Å². The van der Waals surface area contributed by atoms with Crippen molar-refractivity contribution >= 4 is 6.09 Å². The summed E-state index contributed by atoms with van der Waals surface area (Å²) in [6.45, 7) is 0.869. The van der Waals surface area contributed by atoms with Crippen LogP contribution in [-0.2, 0) is 4.74 Å². The van der Waals surface area contributed by atoms with Gasteiger partial charge in [-0.15, -0.1) is 0 Å². The van der Waals surface area contributed by atoms with Crippen LogP contribution in [0, 0.1) is 5.92 Å². The third-order valence-electron chi connectivity index (χ3n) is 2.01. The number of ether oxygens (including phenoxy) is 1. The van der Waals surface area contributed by atoms with E-state index in [1.807, 2.05) is 0 Å². The summed E-state index contributed by atoms with van der Waals surface area (Å²) in [6.07, 6.45) is -0.695. The Morgan fingerprint density at radius 2 is 2.50 bits per heavy atom.